The van der Waals surface area contributed by atoms with E-state index in [0.29, 0.717) is 16.7 Å². The van der Waals surface area contributed by atoms with Gasteiger partial charge >= 0.3 is 0 Å². The molecule has 0 aliphatic carbocycles. The van der Waals surface area contributed by atoms with Crippen LogP contribution in [0.3, 0.4) is 0 Å². The summed E-state index contributed by atoms with van der Waals surface area (Å²) in [5.74, 6) is 1.21. The highest BCUT2D eigenvalue weighted by atomic mass is 79.9. The van der Waals surface area contributed by atoms with Crippen molar-refractivity contribution >= 4 is 15.9 Å². The molecule has 2 atom stereocenters. The van der Waals surface area contributed by atoms with Crippen molar-refractivity contribution in [1.82, 2.24) is 0 Å². The summed E-state index contributed by atoms with van der Waals surface area (Å²) >= 11 is 3.62. The van der Waals surface area contributed by atoms with Crippen molar-refractivity contribution in [3.63, 3.8) is 0 Å². The standard InChI is InChI=1S/C13H19Br/c1-9(2)12-5-7-13(8-6-12)10(3)11(4)14/h5-11H,1-4H3. The Balaban J connectivity index is 2.83. The van der Waals surface area contributed by atoms with Crippen LogP contribution in [0.15, 0.2) is 24.3 Å². The molecule has 0 saturated heterocycles. The fourth-order valence-corrected chi connectivity index (χ4v) is 1.75. The molecule has 0 saturated carbocycles. The van der Waals surface area contributed by atoms with E-state index in [4.69, 9.17) is 0 Å². The highest BCUT2D eigenvalue weighted by molar-refractivity contribution is 9.09. The lowest BCUT2D eigenvalue weighted by atomic mass is 9.95. The summed E-state index contributed by atoms with van der Waals surface area (Å²) < 4.78 is 0. The molecule has 0 aromatic heterocycles. The van der Waals surface area contributed by atoms with Crippen molar-refractivity contribution in [1.29, 1.82) is 0 Å². The minimum absolute atomic E-state index is 0.535. The predicted molar refractivity (Wildman–Crippen MR) is 67.3 cm³/mol. The summed E-state index contributed by atoms with van der Waals surface area (Å²) in [5, 5.41) is 0. The zero-order valence-electron chi connectivity index (χ0n) is 9.42. The van der Waals surface area contributed by atoms with Crippen LogP contribution in [0.2, 0.25) is 0 Å². The molecule has 0 aliphatic rings. The van der Waals surface area contributed by atoms with E-state index in [1.807, 2.05) is 0 Å². The van der Waals surface area contributed by atoms with E-state index >= 15 is 0 Å². The van der Waals surface area contributed by atoms with Crippen LogP contribution in [0.1, 0.15) is 50.7 Å². The lowest BCUT2D eigenvalue weighted by Gasteiger charge is -2.15. The number of hydrogen-bond acceptors (Lipinski definition) is 0. The number of benzene rings is 1. The second kappa shape index (κ2) is 4.97. The molecule has 0 radical (unpaired) electrons. The van der Waals surface area contributed by atoms with Crippen molar-refractivity contribution < 1.29 is 0 Å². The van der Waals surface area contributed by atoms with Crippen LogP contribution >= 0.6 is 15.9 Å². The highest BCUT2D eigenvalue weighted by Gasteiger charge is 2.10. The van der Waals surface area contributed by atoms with Crippen LogP contribution < -0.4 is 0 Å². The van der Waals surface area contributed by atoms with Crippen molar-refractivity contribution in [2.24, 2.45) is 0 Å². The maximum atomic E-state index is 3.62. The Morgan fingerprint density at radius 1 is 0.857 bits per heavy atom. The van der Waals surface area contributed by atoms with Gasteiger partial charge in [-0.25, -0.2) is 0 Å². The fraction of sp³-hybridized carbons (Fsp3) is 0.538. The fourth-order valence-electron chi connectivity index (χ4n) is 1.45. The minimum Gasteiger partial charge on any atom is -0.0887 e. The first-order chi connectivity index (χ1) is 6.52. The van der Waals surface area contributed by atoms with E-state index in [2.05, 4.69) is 67.9 Å². The minimum atomic E-state index is 0.535. The molecule has 0 fully saturated rings. The summed E-state index contributed by atoms with van der Waals surface area (Å²) in [6.45, 7) is 8.90. The summed E-state index contributed by atoms with van der Waals surface area (Å²) in [4.78, 5) is 0.535. The quantitative estimate of drug-likeness (QED) is 0.687. The molecule has 78 valence electrons. The Hall–Kier alpha value is -0.300. The van der Waals surface area contributed by atoms with Crippen molar-refractivity contribution in [3.8, 4) is 0 Å². The largest absolute Gasteiger partial charge is 0.0887 e. The van der Waals surface area contributed by atoms with Crippen molar-refractivity contribution in [3.05, 3.63) is 35.4 Å². The number of halogens is 1. The van der Waals surface area contributed by atoms with Crippen LogP contribution in [0.5, 0.6) is 0 Å². The molecule has 0 N–H and O–H groups in total. The van der Waals surface area contributed by atoms with Gasteiger partial charge in [0.25, 0.3) is 0 Å². The Bertz CT molecular complexity index is 272. The SMILES string of the molecule is CC(C)c1ccc(C(C)C(C)Br)cc1. The first kappa shape index (κ1) is 11.8. The smallest absolute Gasteiger partial charge is 0.0183 e. The van der Waals surface area contributed by atoms with E-state index in [9.17, 15) is 0 Å². The summed E-state index contributed by atoms with van der Waals surface area (Å²) in [6, 6.07) is 8.98. The average Bonchev–Trinajstić information content (AvgIpc) is 2.16. The molecule has 0 bridgehead atoms. The zero-order chi connectivity index (χ0) is 10.7. The Morgan fingerprint density at radius 3 is 1.64 bits per heavy atom. The highest BCUT2D eigenvalue weighted by Crippen LogP contribution is 2.25. The molecule has 1 rings (SSSR count). The van der Waals surface area contributed by atoms with Crippen molar-refractivity contribution in [2.45, 2.75) is 44.4 Å². The summed E-state index contributed by atoms with van der Waals surface area (Å²) in [5.41, 5.74) is 2.84. The maximum absolute atomic E-state index is 3.62. The topological polar surface area (TPSA) is 0 Å². The van der Waals surface area contributed by atoms with Gasteiger partial charge in [-0.2, -0.15) is 0 Å². The third kappa shape index (κ3) is 2.84. The van der Waals surface area contributed by atoms with Crippen LogP contribution in [0.4, 0.5) is 0 Å². The molecular formula is C13H19Br. The molecule has 2 unspecified atom stereocenters. The van der Waals surface area contributed by atoms with E-state index < -0.39 is 0 Å². The van der Waals surface area contributed by atoms with E-state index in [-0.39, 0.29) is 0 Å². The van der Waals surface area contributed by atoms with Crippen LogP contribution in [-0.4, -0.2) is 4.83 Å². The van der Waals surface area contributed by atoms with Gasteiger partial charge in [0.1, 0.15) is 0 Å². The predicted octanol–water partition coefficient (Wildman–Crippen LogP) is 4.70. The second-order valence-corrected chi connectivity index (χ2v) is 5.73. The molecule has 14 heavy (non-hydrogen) atoms. The lowest BCUT2D eigenvalue weighted by Crippen LogP contribution is -2.04. The van der Waals surface area contributed by atoms with Gasteiger partial charge in [-0.3, -0.25) is 0 Å². The molecular weight excluding hydrogens is 236 g/mol. The number of rotatable bonds is 3. The van der Waals surface area contributed by atoms with Gasteiger partial charge in [0, 0.05) is 4.83 Å². The molecule has 1 heteroatoms. The number of alkyl halides is 1. The summed E-state index contributed by atoms with van der Waals surface area (Å²) in [6.07, 6.45) is 0. The second-order valence-electron chi connectivity index (χ2n) is 4.29. The van der Waals surface area contributed by atoms with E-state index in [0.717, 1.165) is 0 Å². The summed E-state index contributed by atoms with van der Waals surface area (Å²) in [7, 11) is 0. The Labute approximate surface area is 95.9 Å². The van der Waals surface area contributed by atoms with Gasteiger partial charge in [-0.05, 0) is 23.0 Å². The Morgan fingerprint density at radius 2 is 1.29 bits per heavy atom. The lowest BCUT2D eigenvalue weighted by molar-refractivity contribution is 0.759. The zero-order valence-corrected chi connectivity index (χ0v) is 11.0. The van der Waals surface area contributed by atoms with E-state index in [1.54, 1.807) is 0 Å². The first-order valence-corrected chi connectivity index (χ1v) is 6.18. The van der Waals surface area contributed by atoms with Gasteiger partial charge in [0.15, 0.2) is 0 Å². The number of hydrogen-bond donors (Lipinski definition) is 0. The molecule has 0 nitrogen and oxygen atoms in total. The molecule has 1 aromatic rings. The van der Waals surface area contributed by atoms with Crippen molar-refractivity contribution in [2.75, 3.05) is 0 Å². The maximum Gasteiger partial charge on any atom is 0.0183 e. The first-order valence-electron chi connectivity index (χ1n) is 5.26. The average molecular weight is 255 g/mol. The molecule has 0 amide bonds. The normalized spacial score (nSPS) is 15.6. The van der Waals surface area contributed by atoms with Gasteiger partial charge in [0.2, 0.25) is 0 Å². The van der Waals surface area contributed by atoms with E-state index in [1.165, 1.54) is 11.1 Å². The van der Waals surface area contributed by atoms with Crippen LogP contribution in [0.25, 0.3) is 0 Å². The molecule has 0 aliphatic heterocycles. The van der Waals surface area contributed by atoms with Gasteiger partial charge < -0.3 is 0 Å². The monoisotopic (exact) mass is 254 g/mol. The van der Waals surface area contributed by atoms with Gasteiger partial charge in [-0.15, -0.1) is 0 Å². The van der Waals surface area contributed by atoms with Gasteiger partial charge in [0.05, 0.1) is 0 Å². The van der Waals surface area contributed by atoms with Crippen LogP contribution in [0, 0.1) is 0 Å². The third-order valence-corrected chi connectivity index (χ3v) is 3.61. The third-order valence-electron chi connectivity index (χ3n) is 2.82. The Kier molecular flexibility index (Phi) is 4.18. The van der Waals surface area contributed by atoms with Gasteiger partial charge in [-0.1, -0.05) is 67.9 Å². The molecule has 1 aromatic carbocycles. The molecule has 0 heterocycles. The molecule has 0 spiro atoms. The van der Waals surface area contributed by atoms with Crippen LogP contribution in [-0.2, 0) is 0 Å².